The molecule has 0 amide bonds. The zero-order valence-corrected chi connectivity index (χ0v) is 7.25. The number of nitrogens with two attached hydrogens (primary N) is 1. The molecular weight excluding hydrogens is 180 g/mol. The van der Waals surface area contributed by atoms with Gasteiger partial charge in [0.25, 0.3) is 0 Å². The van der Waals surface area contributed by atoms with Crippen molar-refractivity contribution in [1.82, 2.24) is 0 Å². The number of hydrogen-bond acceptors (Lipinski definition) is 5. The van der Waals surface area contributed by atoms with Gasteiger partial charge in [0, 0.05) is 0 Å². The Bertz CT molecular complexity index is 322. The third-order valence-electron chi connectivity index (χ3n) is 2.14. The summed E-state index contributed by atoms with van der Waals surface area (Å²) in [4.78, 5) is 4.03. The SMILES string of the molecule is NC1=NC2COCC2S(=O)(=O)C1. The normalized spacial score (nSPS) is 38.8. The van der Waals surface area contributed by atoms with Gasteiger partial charge in [0.2, 0.25) is 0 Å². The second kappa shape index (κ2) is 2.43. The van der Waals surface area contributed by atoms with Crippen molar-refractivity contribution < 1.29 is 13.2 Å². The minimum Gasteiger partial charge on any atom is -0.387 e. The fourth-order valence-corrected chi connectivity index (χ4v) is 3.17. The van der Waals surface area contributed by atoms with Gasteiger partial charge in [-0.3, -0.25) is 4.99 Å². The first-order chi connectivity index (χ1) is 5.59. The van der Waals surface area contributed by atoms with Crippen LogP contribution in [0.2, 0.25) is 0 Å². The number of fused-ring (bicyclic) bond motifs is 1. The second-order valence-electron chi connectivity index (χ2n) is 3.07. The van der Waals surface area contributed by atoms with E-state index in [1.807, 2.05) is 0 Å². The minimum atomic E-state index is -3.09. The number of nitrogens with zero attached hydrogens (tertiary/aromatic N) is 1. The van der Waals surface area contributed by atoms with Crippen LogP contribution in [0, 0.1) is 0 Å². The molecule has 1 fully saturated rings. The molecule has 12 heavy (non-hydrogen) atoms. The Hall–Kier alpha value is -0.620. The fraction of sp³-hybridized carbons (Fsp3) is 0.833. The van der Waals surface area contributed by atoms with E-state index in [-0.39, 0.29) is 24.2 Å². The minimum absolute atomic E-state index is 0.114. The van der Waals surface area contributed by atoms with E-state index in [4.69, 9.17) is 10.5 Å². The summed E-state index contributed by atoms with van der Waals surface area (Å²) < 4.78 is 27.9. The van der Waals surface area contributed by atoms with Crippen molar-refractivity contribution in [2.45, 2.75) is 11.3 Å². The van der Waals surface area contributed by atoms with E-state index in [0.717, 1.165) is 0 Å². The van der Waals surface area contributed by atoms with E-state index < -0.39 is 15.1 Å². The van der Waals surface area contributed by atoms with Gasteiger partial charge in [-0.2, -0.15) is 0 Å². The average molecular weight is 190 g/mol. The van der Waals surface area contributed by atoms with Crippen LogP contribution < -0.4 is 5.73 Å². The molecule has 0 bridgehead atoms. The smallest absolute Gasteiger partial charge is 0.164 e. The third kappa shape index (κ3) is 1.11. The number of rotatable bonds is 0. The molecule has 0 radical (unpaired) electrons. The highest BCUT2D eigenvalue weighted by Gasteiger charge is 2.41. The van der Waals surface area contributed by atoms with Gasteiger partial charge in [0.15, 0.2) is 9.84 Å². The zero-order valence-electron chi connectivity index (χ0n) is 6.43. The molecular formula is C6H10N2O3S. The summed E-state index contributed by atoms with van der Waals surface area (Å²) in [5, 5.41) is -0.454. The average Bonchev–Trinajstić information content (AvgIpc) is 2.32. The predicted octanol–water partition coefficient (Wildman–Crippen LogP) is -1.46. The molecule has 2 unspecified atom stereocenters. The topological polar surface area (TPSA) is 81.8 Å². The molecule has 2 aliphatic heterocycles. The van der Waals surface area contributed by atoms with E-state index in [2.05, 4.69) is 4.99 Å². The Kier molecular flexibility index (Phi) is 1.62. The van der Waals surface area contributed by atoms with Crippen LogP contribution in [0.3, 0.4) is 0 Å². The monoisotopic (exact) mass is 190 g/mol. The Balaban J connectivity index is 2.40. The summed E-state index contributed by atoms with van der Waals surface area (Å²) in [6, 6.07) is -0.260. The van der Waals surface area contributed by atoms with Crippen molar-refractivity contribution in [3.8, 4) is 0 Å². The highest BCUT2D eigenvalue weighted by Crippen LogP contribution is 2.21. The van der Waals surface area contributed by atoms with Crippen LogP contribution in [-0.2, 0) is 14.6 Å². The van der Waals surface area contributed by atoms with Crippen molar-refractivity contribution in [2.75, 3.05) is 19.0 Å². The molecule has 2 aliphatic rings. The van der Waals surface area contributed by atoms with Gasteiger partial charge in [-0.25, -0.2) is 8.42 Å². The van der Waals surface area contributed by atoms with Crippen molar-refractivity contribution in [3.05, 3.63) is 0 Å². The van der Waals surface area contributed by atoms with Gasteiger partial charge in [-0.05, 0) is 0 Å². The molecule has 0 aromatic heterocycles. The maximum atomic E-state index is 11.4. The largest absolute Gasteiger partial charge is 0.387 e. The molecule has 5 nitrogen and oxygen atoms in total. The standard InChI is InChI=1S/C6H10N2O3S/c7-6-3-12(9,10)5-2-11-1-4(5)8-6/h4-5H,1-3H2,(H2,7,8). The first kappa shape index (κ1) is 8.00. The quantitative estimate of drug-likeness (QED) is 0.506. The van der Waals surface area contributed by atoms with Crippen LogP contribution in [-0.4, -0.2) is 44.5 Å². The number of ether oxygens (including phenoxy) is 1. The molecule has 0 aromatic rings. The Morgan fingerprint density at radius 3 is 3.00 bits per heavy atom. The van der Waals surface area contributed by atoms with Gasteiger partial charge in [0.1, 0.15) is 16.8 Å². The zero-order chi connectivity index (χ0) is 8.77. The molecule has 6 heteroatoms. The van der Waals surface area contributed by atoms with Crippen LogP contribution in [0.25, 0.3) is 0 Å². The van der Waals surface area contributed by atoms with E-state index in [1.54, 1.807) is 0 Å². The summed E-state index contributed by atoms with van der Waals surface area (Å²) in [5.74, 6) is 0.0964. The Morgan fingerprint density at radius 1 is 1.50 bits per heavy atom. The number of aliphatic imine (C=N–C) groups is 1. The second-order valence-corrected chi connectivity index (χ2v) is 5.29. The predicted molar refractivity (Wildman–Crippen MR) is 43.8 cm³/mol. The first-order valence-corrected chi connectivity index (χ1v) is 5.42. The lowest BCUT2D eigenvalue weighted by atomic mass is 10.2. The van der Waals surface area contributed by atoms with Gasteiger partial charge in [0.05, 0.1) is 19.3 Å². The van der Waals surface area contributed by atoms with Crippen LogP contribution in [0.1, 0.15) is 0 Å². The number of hydrogen-bond donors (Lipinski definition) is 1. The van der Waals surface area contributed by atoms with E-state index in [9.17, 15) is 8.42 Å². The fourth-order valence-electron chi connectivity index (χ4n) is 1.55. The molecule has 2 heterocycles. The third-order valence-corrected chi connectivity index (χ3v) is 4.21. The number of sulfone groups is 1. The molecule has 0 saturated carbocycles. The van der Waals surface area contributed by atoms with Gasteiger partial charge >= 0.3 is 0 Å². The number of amidine groups is 1. The van der Waals surface area contributed by atoms with Crippen molar-refractivity contribution in [1.29, 1.82) is 0 Å². The van der Waals surface area contributed by atoms with Crippen LogP contribution in [0.4, 0.5) is 0 Å². The lowest BCUT2D eigenvalue weighted by molar-refractivity contribution is 0.195. The Morgan fingerprint density at radius 2 is 2.25 bits per heavy atom. The highest BCUT2D eigenvalue weighted by molar-refractivity contribution is 7.92. The van der Waals surface area contributed by atoms with E-state index >= 15 is 0 Å². The van der Waals surface area contributed by atoms with Crippen LogP contribution in [0.5, 0.6) is 0 Å². The molecule has 1 saturated heterocycles. The van der Waals surface area contributed by atoms with Crippen molar-refractivity contribution in [2.24, 2.45) is 10.7 Å². The van der Waals surface area contributed by atoms with E-state index in [1.165, 1.54) is 0 Å². The molecule has 68 valence electrons. The molecule has 0 aromatic carbocycles. The van der Waals surface area contributed by atoms with Gasteiger partial charge in [-0.15, -0.1) is 0 Å². The van der Waals surface area contributed by atoms with E-state index in [0.29, 0.717) is 6.61 Å². The lowest BCUT2D eigenvalue weighted by Crippen LogP contribution is -2.43. The Labute approximate surface area is 70.5 Å². The summed E-state index contributed by atoms with van der Waals surface area (Å²) in [6.45, 7) is 0.647. The molecule has 2 atom stereocenters. The summed E-state index contributed by atoms with van der Waals surface area (Å²) in [6.07, 6.45) is 0. The van der Waals surface area contributed by atoms with Crippen molar-refractivity contribution >= 4 is 15.7 Å². The summed E-state index contributed by atoms with van der Waals surface area (Å²) >= 11 is 0. The maximum absolute atomic E-state index is 11.4. The van der Waals surface area contributed by atoms with Crippen LogP contribution in [0.15, 0.2) is 4.99 Å². The van der Waals surface area contributed by atoms with Crippen molar-refractivity contribution in [3.63, 3.8) is 0 Å². The molecule has 0 spiro atoms. The highest BCUT2D eigenvalue weighted by atomic mass is 32.2. The molecule has 0 aliphatic carbocycles. The summed E-state index contributed by atoms with van der Waals surface area (Å²) in [7, 11) is -3.09. The molecule has 2 N–H and O–H groups in total. The maximum Gasteiger partial charge on any atom is 0.164 e. The van der Waals surface area contributed by atoms with Crippen LogP contribution >= 0.6 is 0 Å². The lowest BCUT2D eigenvalue weighted by Gasteiger charge is -2.19. The molecule has 2 rings (SSSR count). The van der Waals surface area contributed by atoms with Gasteiger partial charge in [-0.1, -0.05) is 0 Å². The first-order valence-electron chi connectivity index (χ1n) is 3.71. The summed E-state index contributed by atoms with van der Waals surface area (Å²) in [5.41, 5.74) is 5.38. The van der Waals surface area contributed by atoms with Gasteiger partial charge < -0.3 is 10.5 Å².